The number of ether oxygens (including phenoxy) is 1. The van der Waals surface area contributed by atoms with Crippen LogP contribution in [0.4, 0.5) is 13.2 Å². The molecule has 3 saturated carbocycles. The second kappa shape index (κ2) is 7.71. The van der Waals surface area contributed by atoms with Gasteiger partial charge < -0.3 is 4.74 Å². The first kappa shape index (κ1) is 22.7. The van der Waals surface area contributed by atoms with Crippen molar-refractivity contribution in [3.63, 3.8) is 0 Å². The third kappa shape index (κ3) is 3.55. The second-order valence-electron chi connectivity index (χ2n) is 11.0. The van der Waals surface area contributed by atoms with Crippen LogP contribution in [0.3, 0.4) is 0 Å². The number of esters is 1. The van der Waals surface area contributed by atoms with E-state index in [0.717, 1.165) is 44.6 Å². The Bertz CT molecular complexity index is 1010. The molecule has 1 unspecified atom stereocenters. The maximum absolute atomic E-state index is 13.4. The topological polar surface area (TPSA) is 43.4 Å². The van der Waals surface area contributed by atoms with E-state index in [1.54, 1.807) is 0 Å². The maximum Gasteiger partial charge on any atom is 0.417 e. The average molecular weight is 461 g/mol. The molecule has 6 heteroatoms. The molecule has 33 heavy (non-hydrogen) atoms. The predicted octanol–water partition coefficient (Wildman–Crippen LogP) is 6.76. The molecule has 0 saturated heterocycles. The van der Waals surface area contributed by atoms with E-state index in [4.69, 9.17) is 4.74 Å². The summed E-state index contributed by atoms with van der Waals surface area (Å²) in [5.74, 6) is 0.786. The third-order valence-electron chi connectivity index (χ3n) is 9.58. The standard InChI is InChI=1S/C27H31F3O3/c1-25-13-11-17(31)15-16(25)7-8-18-20-9-10-23(26(20,2)14-12-21(18)25)33-24(32)19-5-3-4-6-22(19)27(28,29)30/h3-6,15,18,20-21,23H,7-14H2,1-2H3/t18-,20-,21+,23?,25-,26-/m0/s1. The second-order valence-corrected chi connectivity index (χ2v) is 11.0. The highest BCUT2D eigenvalue weighted by atomic mass is 19.4. The largest absolute Gasteiger partial charge is 0.458 e. The normalized spacial score (nSPS) is 38.1. The van der Waals surface area contributed by atoms with Gasteiger partial charge in [0.25, 0.3) is 0 Å². The molecule has 0 amide bonds. The van der Waals surface area contributed by atoms with E-state index in [2.05, 4.69) is 13.8 Å². The minimum absolute atomic E-state index is 0.0680. The van der Waals surface area contributed by atoms with Crippen molar-refractivity contribution in [3.8, 4) is 0 Å². The Morgan fingerprint density at radius 3 is 2.52 bits per heavy atom. The zero-order valence-electron chi connectivity index (χ0n) is 19.2. The molecule has 0 heterocycles. The van der Waals surface area contributed by atoms with Gasteiger partial charge in [-0.25, -0.2) is 4.79 Å². The monoisotopic (exact) mass is 460 g/mol. The van der Waals surface area contributed by atoms with Gasteiger partial charge in [-0.05, 0) is 86.3 Å². The fourth-order valence-electron chi connectivity index (χ4n) is 7.81. The van der Waals surface area contributed by atoms with Crippen LogP contribution in [0.1, 0.15) is 81.1 Å². The van der Waals surface area contributed by atoms with Crippen molar-refractivity contribution < 1.29 is 27.5 Å². The lowest BCUT2D eigenvalue weighted by atomic mass is 9.47. The van der Waals surface area contributed by atoms with E-state index < -0.39 is 23.3 Å². The number of rotatable bonds is 2. The fraction of sp³-hybridized carbons (Fsp3) is 0.630. The summed E-state index contributed by atoms with van der Waals surface area (Å²) in [6, 6.07) is 4.87. The SMILES string of the molecule is C[C@]12CCC(=O)C=C1CC[C@@H]1[C@H]2CC[C@]2(C)C(OC(=O)c3ccccc3C(F)(F)F)CC[C@@H]12. The molecule has 0 aromatic heterocycles. The van der Waals surface area contributed by atoms with Gasteiger partial charge in [0.15, 0.2) is 5.78 Å². The van der Waals surface area contributed by atoms with E-state index in [0.29, 0.717) is 30.6 Å². The highest BCUT2D eigenvalue weighted by Gasteiger charge is 2.60. The number of hydrogen-bond acceptors (Lipinski definition) is 3. The summed E-state index contributed by atoms with van der Waals surface area (Å²) < 4.78 is 46.1. The molecule has 1 aromatic rings. The molecule has 0 N–H and O–H groups in total. The molecule has 0 bridgehead atoms. The summed E-state index contributed by atoms with van der Waals surface area (Å²) in [6.07, 6.45) is 3.98. The molecule has 0 spiro atoms. The number of halogens is 3. The Morgan fingerprint density at radius 2 is 1.76 bits per heavy atom. The lowest BCUT2D eigenvalue weighted by molar-refractivity contribution is -0.138. The van der Waals surface area contributed by atoms with E-state index in [1.807, 2.05) is 6.08 Å². The molecule has 4 aliphatic rings. The lowest BCUT2D eigenvalue weighted by Crippen LogP contribution is -2.51. The van der Waals surface area contributed by atoms with Crippen LogP contribution in [0.15, 0.2) is 35.9 Å². The maximum atomic E-state index is 13.4. The first-order chi connectivity index (χ1) is 15.5. The van der Waals surface area contributed by atoms with Gasteiger partial charge in [0.1, 0.15) is 6.10 Å². The van der Waals surface area contributed by atoms with Gasteiger partial charge in [0.05, 0.1) is 11.1 Å². The van der Waals surface area contributed by atoms with E-state index in [1.165, 1.54) is 23.8 Å². The van der Waals surface area contributed by atoms with Crippen LogP contribution in [0.2, 0.25) is 0 Å². The number of carbonyl (C=O) groups is 2. The van der Waals surface area contributed by atoms with Crippen LogP contribution in [-0.2, 0) is 15.7 Å². The molecular formula is C27H31F3O3. The molecule has 4 aliphatic carbocycles. The smallest absolute Gasteiger partial charge is 0.417 e. The first-order valence-electron chi connectivity index (χ1n) is 12.1. The van der Waals surface area contributed by atoms with Gasteiger partial charge in [-0.3, -0.25) is 4.79 Å². The number of allylic oxidation sites excluding steroid dienone is 1. The zero-order valence-corrected chi connectivity index (χ0v) is 19.2. The van der Waals surface area contributed by atoms with Crippen molar-refractivity contribution >= 4 is 11.8 Å². The number of carbonyl (C=O) groups excluding carboxylic acids is 2. The Balaban J connectivity index is 1.37. The van der Waals surface area contributed by atoms with Gasteiger partial charge in [-0.15, -0.1) is 0 Å². The number of ketones is 1. The van der Waals surface area contributed by atoms with Crippen LogP contribution in [0.5, 0.6) is 0 Å². The van der Waals surface area contributed by atoms with Crippen molar-refractivity contribution in [3.05, 3.63) is 47.0 Å². The van der Waals surface area contributed by atoms with Crippen molar-refractivity contribution in [2.24, 2.45) is 28.6 Å². The highest BCUT2D eigenvalue weighted by molar-refractivity contribution is 5.92. The quantitative estimate of drug-likeness (QED) is 0.458. The summed E-state index contributed by atoms with van der Waals surface area (Å²) in [6.45, 7) is 4.50. The van der Waals surface area contributed by atoms with Crippen molar-refractivity contribution in [1.29, 1.82) is 0 Å². The molecule has 3 fully saturated rings. The number of fused-ring (bicyclic) bond motifs is 5. The van der Waals surface area contributed by atoms with Gasteiger partial charge in [-0.1, -0.05) is 31.6 Å². The van der Waals surface area contributed by atoms with Crippen LogP contribution >= 0.6 is 0 Å². The van der Waals surface area contributed by atoms with Crippen LogP contribution in [0.25, 0.3) is 0 Å². The Hall–Kier alpha value is -2.11. The molecule has 3 nitrogen and oxygen atoms in total. The van der Waals surface area contributed by atoms with Crippen LogP contribution < -0.4 is 0 Å². The first-order valence-corrected chi connectivity index (χ1v) is 12.1. The Labute approximate surface area is 192 Å². The highest BCUT2D eigenvalue weighted by Crippen LogP contribution is 2.65. The molecule has 6 atom stereocenters. The summed E-state index contributed by atoms with van der Waals surface area (Å²) in [5, 5.41) is 0. The van der Waals surface area contributed by atoms with E-state index in [9.17, 15) is 22.8 Å². The van der Waals surface area contributed by atoms with Gasteiger partial charge in [0.2, 0.25) is 0 Å². The number of benzene rings is 1. The minimum atomic E-state index is -4.60. The Morgan fingerprint density at radius 1 is 1.00 bits per heavy atom. The molecule has 1 aromatic carbocycles. The van der Waals surface area contributed by atoms with E-state index in [-0.39, 0.29) is 22.7 Å². The van der Waals surface area contributed by atoms with Crippen LogP contribution in [-0.4, -0.2) is 17.9 Å². The summed E-state index contributed by atoms with van der Waals surface area (Å²) in [5.41, 5.74) is -0.180. The third-order valence-corrected chi connectivity index (χ3v) is 9.58. The molecule has 0 aliphatic heterocycles. The van der Waals surface area contributed by atoms with Crippen molar-refractivity contribution in [1.82, 2.24) is 0 Å². The van der Waals surface area contributed by atoms with E-state index >= 15 is 0 Å². The lowest BCUT2D eigenvalue weighted by Gasteiger charge is -2.57. The molecule has 5 rings (SSSR count). The number of hydrogen-bond donors (Lipinski definition) is 0. The molecule has 0 radical (unpaired) electrons. The van der Waals surface area contributed by atoms with Gasteiger partial charge in [-0.2, -0.15) is 13.2 Å². The van der Waals surface area contributed by atoms with Gasteiger partial charge >= 0.3 is 12.1 Å². The minimum Gasteiger partial charge on any atom is -0.458 e. The van der Waals surface area contributed by atoms with Gasteiger partial charge in [0, 0.05) is 11.8 Å². The van der Waals surface area contributed by atoms with Crippen molar-refractivity contribution in [2.75, 3.05) is 0 Å². The average Bonchev–Trinajstić information content (AvgIpc) is 3.10. The molecular weight excluding hydrogens is 429 g/mol. The molecule has 178 valence electrons. The predicted molar refractivity (Wildman–Crippen MR) is 117 cm³/mol. The summed E-state index contributed by atoms with van der Waals surface area (Å²) in [4.78, 5) is 24.9. The fourth-order valence-corrected chi connectivity index (χ4v) is 7.81. The summed E-state index contributed by atoms with van der Waals surface area (Å²) >= 11 is 0. The van der Waals surface area contributed by atoms with Crippen molar-refractivity contribution in [2.45, 2.75) is 77.5 Å². The Kier molecular flexibility index (Phi) is 5.30. The zero-order chi connectivity index (χ0) is 23.6. The summed E-state index contributed by atoms with van der Waals surface area (Å²) in [7, 11) is 0. The van der Waals surface area contributed by atoms with Crippen LogP contribution in [0, 0.1) is 28.6 Å². The number of alkyl halides is 3.